The summed E-state index contributed by atoms with van der Waals surface area (Å²) < 4.78 is 102. The van der Waals surface area contributed by atoms with Gasteiger partial charge in [0.2, 0.25) is 5.91 Å². The lowest BCUT2D eigenvalue weighted by atomic mass is 10.00. The van der Waals surface area contributed by atoms with Gasteiger partial charge in [-0.25, -0.2) is 8.78 Å². The number of hydrogen-bond acceptors (Lipinski definition) is 2. The highest BCUT2D eigenvalue weighted by atomic mass is 35.5. The summed E-state index contributed by atoms with van der Waals surface area (Å²) in [7, 11) is 0. The normalized spacial score (nSPS) is 19.4. The maximum Gasteiger partial charge on any atom is 0.419 e. The van der Waals surface area contributed by atoms with Gasteiger partial charge in [-0.3, -0.25) is 9.59 Å². The van der Waals surface area contributed by atoms with E-state index in [0.29, 0.717) is 12.1 Å². The second-order valence-electron chi connectivity index (χ2n) is 8.00. The van der Waals surface area contributed by atoms with E-state index in [-0.39, 0.29) is 23.1 Å². The van der Waals surface area contributed by atoms with E-state index in [0.717, 1.165) is 18.2 Å². The van der Waals surface area contributed by atoms with Gasteiger partial charge in [0.05, 0.1) is 11.5 Å². The molecule has 2 aromatic carbocycles. The second kappa shape index (κ2) is 9.57. The molecule has 0 aromatic heterocycles. The van der Waals surface area contributed by atoms with Crippen molar-refractivity contribution in [3.63, 3.8) is 0 Å². The summed E-state index contributed by atoms with van der Waals surface area (Å²) in [5, 5.41) is 1.93. The average molecular weight is 548 g/mol. The van der Waals surface area contributed by atoms with Gasteiger partial charge in [0, 0.05) is 24.4 Å². The van der Waals surface area contributed by atoms with Crippen molar-refractivity contribution in [2.45, 2.75) is 42.0 Å². The Morgan fingerprint density at radius 1 is 0.943 bits per heavy atom. The molecule has 1 amide bonds. The molecule has 3 nitrogen and oxygen atoms in total. The van der Waals surface area contributed by atoms with Crippen molar-refractivity contribution >= 4 is 34.9 Å². The summed E-state index contributed by atoms with van der Waals surface area (Å²) in [5.41, 5.74) is -1.60. The molecule has 0 saturated heterocycles. The minimum Gasteiger partial charge on any atom is -0.352 e. The number of nitrogens with one attached hydrogen (secondary N) is 1. The van der Waals surface area contributed by atoms with Crippen molar-refractivity contribution in [3.05, 3.63) is 70.3 Å². The predicted molar refractivity (Wildman–Crippen MR) is 110 cm³/mol. The molecule has 1 aliphatic carbocycles. The van der Waals surface area contributed by atoms with Crippen molar-refractivity contribution in [3.8, 4) is 0 Å². The fourth-order valence-corrected chi connectivity index (χ4v) is 4.59. The third-order valence-electron chi connectivity index (χ3n) is 5.38. The van der Waals surface area contributed by atoms with Crippen molar-refractivity contribution in [1.29, 1.82) is 0 Å². The molecular formula is C22H15Cl2F8NO2. The van der Waals surface area contributed by atoms with Crippen LogP contribution in [0, 0.1) is 17.6 Å². The number of ketones is 1. The fraction of sp³-hybridized carbons (Fsp3) is 0.364. The van der Waals surface area contributed by atoms with Gasteiger partial charge in [0.25, 0.3) is 0 Å². The summed E-state index contributed by atoms with van der Waals surface area (Å²) in [6.45, 7) is -0.570. The molecule has 35 heavy (non-hydrogen) atoms. The number of carbonyl (C=O) groups is 2. The molecule has 13 heteroatoms. The van der Waals surface area contributed by atoms with Crippen molar-refractivity contribution < 1.29 is 44.7 Å². The second-order valence-corrected chi connectivity index (χ2v) is 9.45. The molecule has 0 spiro atoms. The standard InChI is InChI=1S/C22H15Cl2F8NO2/c23-21(24)18(11-2-4-15(26)13(7-11)22(30,31)32)19(21)16(34)6-10-1-3-14(25)12(5-10)9-33-17(35)8-20(27,28)29/h1-5,7,18-19H,6,8-9H2,(H,33,35). The van der Waals surface area contributed by atoms with Crippen molar-refractivity contribution in [1.82, 2.24) is 5.32 Å². The Labute approximate surface area is 203 Å². The predicted octanol–water partition coefficient (Wildman–Crippen LogP) is 6.25. The summed E-state index contributed by atoms with van der Waals surface area (Å²) >= 11 is 12.3. The van der Waals surface area contributed by atoms with Gasteiger partial charge in [-0.15, -0.1) is 23.2 Å². The number of alkyl halides is 8. The Bertz CT molecular complexity index is 1150. The summed E-state index contributed by atoms with van der Waals surface area (Å²) in [6.07, 6.45) is -11.8. The highest BCUT2D eigenvalue weighted by molar-refractivity contribution is 6.53. The molecular weight excluding hydrogens is 533 g/mol. The van der Waals surface area contributed by atoms with Crippen LogP contribution >= 0.6 is 23.2 Å². The van der Waals surface area contributed by atoms with Gasteiger partial charge in [0.1, 0.15) is 28.2 Å². The van der Waals surface area contributed by atoms with Crippen molar-refractivity contribution in [2.75, 3.05) is 0 Å². The van der Waals surface area contributed by atoms with Gasteiger partial charge < -0.3 is 5.32 Å². The molecule has 0 radical (unpaired) electrons. The Morgan fingerprint density at radius 2 is 1.57 bits per heavy atom. The lowest BCUT2D eigenvalue weighted by molar-refractivity contribution is -0.154. The fourth-order valence-electron chi connectivity index (χ4n) is 3.72. The molecule has 3 rings (SSSR count). The summed E-state index contributed by atoms with van der Waals surface area (Å²) in [5.74, 6) is -6.50. The van der Waals surface area contributed by atoms with Crippen LogP contribution in [-0.4, -0.2) is 22.2 Å². The van der Waals surface area contributed by atoms with Crippen molar-refractivity contribution in [2.24, 2.45) is 5.92 Å². The smallest absolute Gasteiger partial charge is 0.352 e. The van der Waals surface area contributed by atoms with E-state index in [1.54, 1.807) is 0 Å². The Hall–Kier alpha value is -2.40. The van der Waals surface area contributed by atoms with E-state index in [1.165, 1.54) is 6.07 Å². The monoisotopic (exact) mass is 547 g/mol. The Balaban J connectivity index is 1.72. The first-order valence-electron chi connectivity index (χ1n) is 9.88. The highest BCUT2D eigenvalue weighted by Crippen LogP contribution is 2.65. The molecule has 0 aliphatic heterocycles. The lowest BCUT2D eigenvalue weighted by Crippen LogP contribution is -2.28. The molecule has 1 N–H and O–H groups in total. The summed E-state index contributed by atoms with van der Waals surface area (Å²) in [4.78, 5) is 24.1. The Morgan fingerprint density at radius 3 is 2.17 bits per heavy atom. The van der Waals surface area contributed by atoms with Gasteiger partial charge in [0.15, 0.2) is 0 Å². The van der Waals surface area contributed by atoms with Crippen LogP contribution in [-0.2, 0) is 28.7 Å². The lowest BCUT2D eigenvalue weighted by Gasteiger charge is -2.10. The highest BCUT2D eigenvalue weighted by Gasteiger charge is 2.67. The molecule has 190 valence electrons. The maximum atomic E-state index is 14.0. The number of carbonyl (C=O) groups excluding carboxylic acids is 2. The zero-order valence-electron chi connectivity index (χ0n) is 17.3. The van der Waals surface area contributed by atoms with Crippen LogP contribution in [0.1, 0.15) is 34.6 Å². The number of halogens is 10. The van der Waals surface area contributed by atoms with Crippen LogP contribution in [0.4, 0.5) is 35.1 Å². The SMILES string of the molecule is O=C(CC(F)(F)F)NCc1cc(CC(=O)C2C(c3ccc(F)c(C(F)(F)F)c3)C2(Cl)Cl)ccc1F. The van der Waals surface area contributed by atoms with E-state index >= 15 is 0 Å². The molecule has 1 aliphatic rings. The molecule has 0 heterocycles. The van der Waals surface area contributed by atoms with E-state index < -0.39 is 70.4 Å². The van der Waals surface area contributed by atoms with E-state index in [2.05, 4.69) is 0 Å². The Kier molecular flexibility index (Phi) is 7.44. The minimum absolute atomic E-state index is 0.0887. The first-order chi connectivity index (χ1) is 16.0. The molecule has 2 atom stereocenters. The largest absolute Gasteiger partial charge is 0.419 e. The van der Waals surface area contributed by atoms with E-state index in [9.17, 15) is 44.7 Å². The van der Waals surface area contributed by atoms with Crippen LogP contribution < -0.4 is 5.32 Å². The number of rotatable bonds is 7. The van der Waals surface area contributed by atoms with Crippen LogP contribution in [0.2, 0.25) is 0 Å². The number of Topliss-reactive ketones (excluding diaryl/α,β-unsaturated/α-hetero) is 1. The van der Waals surface area contributed by atoms with Gasteiger partial charge in [-0.1, -0.05) is 18.2 Å². The average Bonchev–Trinajstić information content (AvgIpc) is 3.28. The van der Waals surface area contributed by atoms with Crippen LogP contribution in [0.25, 0.3) is 0 Å². The summed E-state index contributed by atoms with van der Waals surface area (Å²) in [6, 6.07) is 5.50. The topological polar surface area (TPSA) is 46.2 Å². The third kappa shape index (κ3) is 6.43. The van der Waals surface area contributed by atoms with Crippen LogP contribution in [0.5, 0.6) is 0 Å². The maximum absolute atomic E-state index is 14.0. The minimum atomic E-state index is -4.98. The zero-order valence-corrected chi connectivity index (χ0v) is 18.8. The number of hydrogen-bond donors (Lipinski definition) is 1. The quantitative estimate of drug-likeness (QED) is 0.329. The third-order valence-corrected chi connectivity index (χ3v) is 6.32. The molecule has 2 aromatic rings. The van der Waals surface area contributed by atoms with Crippen LogP contribution in [0.3, 0.4) is 0 Å². The number of benzene rings is 2. The first kappa shape index (κ1) is 27.2. The van der Waals surface area contributed by atoms with Gasteiger partial charge >= 0.3 is 12.4 Å². The number of amides is 1. The van der Waals surface area contributed by atoms with Gasteiger partial charge in [-0.2, -0.15) is 26.3 Å². The first-order valence-corrected chi connectivity index (χ1v) is 10.6. The molecule has 0 bridgehead atoms. The van der Waals surface area contributed by atoms with Crippen LogP contribution in [0.15, 0.2) is 36.4 Å². The zero-order chi connectivity index (χ0) is 26.3. The molecule has 1 fully saturated rings. The van der Waals surface area contributed by atoms with E-state index in [4.69, 9.17) is 23.2 Å². The van der Waals surface area contributed by atoms with E-state index in [1.807, 2.05) is 5.32 Å². The van der Waals surface area contributed by atoms with Gasteiger partial charge in [-0.05, 0) is 29.3 Å². The molecule has 2 unspecified atom stereocenters. The molecule has 1 saturated carbocycles.